The Morgan fingerprint density at radius 1 is 1.29 bits per heavy atom. The van der Waals surface area contributed by atoms with Gasteiger partial charge >= 0.3 is 0 Å². The fourth-order valence-corrected chi connectivity index (χ4v) is 3.20. The zero-order valence-electron chi connectivity index (χ0n) is 16.5. The monoisotopic (exact) mass is 409 g/mol. The van der Waals surface area contributed by atoms with E-state index in [0.29, 0.717) is 18.3 Å². The summed E-state index contributed by atoms with van der Waals surface area (Å²) in [6, 6.07) is 7.65. The van der Waals surface area contributed by atoms with Gasteiger partial charge in [0.05, 0.1) is 25.4 Å². The molecule has 28 heavy (non-hydrogen) atoms. The van der Waals surface area contributed by atoms with Gasteiger partial charge in [0.15, 0.2) is 5.69 Å². The van der Waals surface area contributed by atoms with Crippen molar-refractivity contribution in [1.82, 2.24) is 25.6 Å². The number of ether oxygens (including phenoxy) is 2. The van der Waals surface area contributed by atoms with E-state index >= 15 is 0 Å². The summed E-state index contributed by atoms with van der Waals surface area (Å²) < 4.78 is 12.8. The summed E-state index contributed by atoms with van der Waals surface area (Å²) in [5.41, 5.74) is 1.19. The summed E-state index contributed by atoms with van der Waals surface area (Å²) in [6.45, 7) is 6.11. The molecule has 2 aromatic rings. The molecule has 0 saturated carbocycles. The first-order chi connectivity index (χ1) is 13.1. The number of nitrogens with one attached hydrogen (secondary N) is 2. The maximum atomic E-state index is 12.5. The molecule has 2 heterocycles. The molecule has 1 saturated heterocycles. The van der Waals surface area contributed by atoms with Crippen LogP contribution in [0.15, 0.2) is 24.3 Å². The predicted molar refractivity (Wildman–Crippen MR) is 109 cm³/mol. The molecule has 0 spiro atoms. The van der Waals surface area contributed by atoms with Crippen LogP contribution in [0.25, 0.3) is 0 Å². The average Bonchev–Trinajstić information content (AvgIpc) is 3.09. The lowest BCUT2D eigenvalue weighted by atomic mass is 10.1. The fourth-order valence-electron chi connectivity index (χ4n) is 3.20. The normalized spacial score (nSPS) is 15.4. The third kappa shape index (κ3) is 5.36. The van der Waals surface area contributed by atoms with E-state index in [0.717, 1.165) is 43.1 Å². The molecular formula is C19H28ClN5O3. The van der Waals surface area contributed by atoms with Crippen LogP contribution in [-0.2, 0) is 0 Å². The van der Waals surface area contributed by atoms with Crippen molar-refractivity contribution in [3.8, 4) is 11.5 Å². The van der Waals surface area contributed by atoms with Crippen LogP contribution < -0.4 is 20.1 Å². The molecule has 1 unspecified atom stereocenters. The van der Waals surface area contributed by atoms with E-state index in [9.17, 15) is 4.79 Å². The Balaban J connectivity index is 0.00000280. The minimum absolute atomic E-state index is 0. The van der Waals surface area contributed by atoms with Crippen molar-refractivity contribution in [3.05, 3.63) is 35.7 Å². The highest BCUT2D eigenvalue weighted by Gasteiger charge is 2.23. The van der Waals surface area contributed by atoms with E-state index in [1.807, 2.05) is 42.8 Å². The van der Waals surface area contributed by atoms with Crippen LogP contribution >= 0.6 is 12.4 Å². The van der Waals surface area contributed by atoms with Crippen LogP contribution in [-0.4, -0.2) is 53.7 Å². The van der Waals surface area contributed by atoms with Crippen molar-refractivity contribution in [2.45, 2.75) is 38.8 Å². The number of amides is 1. The van der Waals surface area contributed by atoms with Crippen molar-refractivity contribution < 1.29 is 14.3 Å². The van der Waals surface area contributed by atoms with Gasteiger partial charge in [0.2, 0.25) is 0 Å². The molecular weight excluding hydrogens is 382 g/mol. The van der Waals surface area contributed by atoms with Crippen LogP contribution in [0.4, 0.5) is 0 Å². The Bertz CT molecular complexity index is 759. The van der Waals surface area contributed by atoms with Crippen LogP contribution in [0.3, 0.4) is 0 Å². The standard InChI is InChI=1S/C19H27N5O3.ClH/c1-13(27-17-6-4-16(26-3)5-7-17)12-21-19(25)18-14(2)24(23-22-18)15-8-10-20-11-9-15;/h4-7,13,15,20H,8-12H2,1-3H3,(H,21,25);1H. The van der Waals surface area contributed by atoms with Gasteiger partial charge in [0.25, 0.3) is 5.91 Å². The zero-order valence-corrected chi connectivity index (χ0v) is 17.3. The average molecular weight is 410 g/mol. The molecule has 1 aromatic carbocycles. The molecule has 1 atom stereocenters. The smallest absolute Gasteiger partial charge is 0.273 e. The molecule has 3 rings (SSSR count). The summed E-state index contributed by atoms with van der Waals surface area (Å²) in [6.07, 6.45) is 1.82. The number of aromatic nitrogens is 3. The lowest BCUT2D eigenvalue weighted by Crippen LogP contribution is -2.34. The summed E-state index contributed by atoms with van der Waals surface area (Å²) in [4.78, 5) is 12.5. The number of halogens is 1. The second-order valence-electron chi connectivity index (χ2n) is 6.76. The molecule has 0 aliphatic carbocycles. The van der Waals surface area contributed by atoms with Crippen LogP contribution in [0, 0.1) is 6.92 Å². The number of nitrogens with zero attached hydrogens (tertiary/aromatic N) is 3. The molecule has 1 aromatic heterocycles. The molecule has 1 fully saturated rings. The van der Waals surface area contributed by atoms with E-state index in [-0.39, 0.29) is 24.4 Å². The Kier molecular flexibility index (Phi) is 8.07. The molecule has 1 aliphatic heterocycles. The third-order valence-electron chi connectivity index (χ3n) is 4.74. The quantitative estimate of drug-likeness (QED) is 0.728. The van der Waals surface area contributed by atoms with Crippen molar-refractivity contribution in [2.75, 3.05) is 26.7 Å². The highest BCUT2D eigenvalue weighted by molar-refractivity contribution is 5.93. The summed E-state index contributed by atoms with van der Waals surface area (Å²) in [5, 5.41) is 14.5. The van der Waals surface area contributed by atoms with Gasteiger partial charge in [0.1, 0.15) is 17.6 Å². The van der Waals surface area contributed by atoms with E-state index < -0.39 is 0 Å². The fraction of sp³-hybridized carbons (Fsp3) is 0.526. The van der Waals surface area contributed by atoms with E-state index in [1.54, 1.807) is 7.11 Å². The number of hydrogen-bond acceptors (Lipinski definition) is 6. The van der Waals surface area contributed by atoms with Crippen LogP contribution in [0.1, 0.15) is 42.0 Å². The van der Waals surface area contributed by atoms with Gasteiger partial charge in [-0.15, -0.1) is 17.5 Å². The summed E-state index contributed by atoms with van der Waals surface area (Å²) >= 11 is 0. The summed E-state index contributed by atoms with van der Waals surface area (Å²) in [7, 11) is 1.62. The first-order valence-corrected chi connectivity index (χ1v) is 9.30. The van der Waals surface area contributed by atoms with E-state index in [1.165, 1.54) is 0 Å². The van der Waals surface area contributed by atoms with E-state index in [4.69, 9.17) is 9.47 Å². The highest BCUT2D eigenvalue weighted by Crippen LogP contribution is 2.20. The molecule has 1 amide bonds. The van der Waals surface area contributed by atoms with E-state index in [2.05, 4.69) is 20.9 Å². The first-order valence-electron chi connectivity index (χ1n) is 9.30. The number of rotatable bonds is 7. The van der Waals surface area contributed by atoms with Gasteiger partial charge < -0.3 is 20.1 Å². The van der Waals surface area contributed by atoms with Crippen molar-refractivity contribution in [3.63, 3.8) is 0 Å². The number of carbonyl (C=O) groups excluding carboxylic acids is 1. The highest BCUT2D eigenvalue weighted by atomic mass is 35.5. The minimum atomic E-state index is -0.224. The lowest BCUT2D eigenvalue weighted by molar-refractivity contribution is 0.0926. The lowest BCUT2D eigenvalue weighted by Gasteiger charge is -2.23. The number of benzene rings is 1. The Morgan fingerprint density at radius 2 is 1.93 bits per heavy atom. The Hall–Kier alpha value is -2.32. The topological polar surface area (TPSA) is 90.3 Å². The van der Waals surface area contributed by atoms with Gasteiger partial charge in [-0.2, -0.15) is 0 Å². The van der Waals surface area contributed by atoms with Gasteiger partial charge in [-0.3, -0.25) is 4.79 Å². The van der Waals surface area contributed by atoms with Gasteiger partial charge in [0, 0.05) is 0 Å². The molecule has 1 aliphatic rings. The number of hydrogen-bond donors (Lipinski definition) is 2. The first kappa shape index (κ1) is 22.0. The third-order valence-corrected chi connectivity index (χ3v) is 4.74. The van der Waals surface area contributed by atoms with Crippen molar-refractivity contribution >= 4 is 18.3 Å². The second-order valence-corrected chi connectivity index (χ2v) is 6.76. The van der Waals surface area contributed by atoms with Crippen LogP contribution in [0.2, 0.25) is 0 Å². The SMILES string of the molecule is COc1ccc(OC(C)CNC(=O)c2nnn(C3CCNCC3)c2C)cc1.Cl. The number of carbonyl (C=O) groups is 1. The molecule has 154 valence electrons. The van der Waals surface area contributed by atoms with Crippen LogP contribution in [0.5, 0.6) is 11.5 Å². The molecule has 0 bridgehead atoms. The van der Waals surface area contributed by atoms with Crippen molar-refractivity contribution in [2.24, 2.45) is 0 Å². The number of piperidine rings is 1. The maximum absolute atomic E-state index is 12.5. The molecule has 9 heteroatoms. The van der Waals surface area contributed by atoms with Gasteiger partial charge in [-0.05, 0) is 64.0 Å². The molecule has 0 radical (unpaired) electrons. The van der Waals surface area contributed by atoms with Gasteiger partial charge in [-0.25, -0.2) is 4.68 Å². The minimum Gasteiger partial charge on any atom is -0.497 e. The largest absolute Gasteiger partial charge is 0.497 e. The van der Waals surface area contributed by atoms with Crippen molar-refractivity contribution in [1.29, 1.82) is 0 Å². The second kappa shape index (κ2) is 10.3. The predicted octanol–water partition coefficient (Wildman–Crippen LogP) is 2.14. The molecule has 2 N–H and O–H groups in total. The Labute approximate surface area is 171 Å². The summed E-state index contributed by atoms with van der Waals surface area (Å²) in [5.74, 6) is 1.28. The Morgan fingerprint density at radius 3 is 2.57 bits per heavy atom. The maximum Gasteiger partial charge on any atom is 0.273 e. The van der Waals surface area contributed by atoms with Gasteiger partial charge in [-0.1, -0.05) is 5.21 Å². The number of methoxy groups -OCH3 is 1. The zero-order chi connectivity index (χ0) is 19.2. The molecule has 8 nitrogen and oxygen atoms in total.